The second kappa shape index (κ2) is 5.71. The van der Waals surface area contributed by atoms with Crippen LogP contribution in [-0.2, 0) is 4.74 Å². The van der Waals surface area contributed by atoms with E-state index in [1.807, 2.05) is 25.1 Å². The summed E-state index contributed by atoms with van der Waals surface area (Å²) in [5.74, 6) is 0. The van der Waals surface area contributed by atoms with Crippen LogP contribution in [0.2, 0.25) is 0 Å². The standard InChI is InChI=1S/C18H21N3O2/c1-12-4-5-15-13(10-12)16(14(11-19)17(22)20-15)21-8-6-18(2,23-3)7-9-21/h4-5,10H,6-9H2,1-3H3,(H,20,22). The van der Waals surface area contributed by atoms with Crippen molar-refractivity contribution >= 4 is 16.6 Å². The number of ether oxygens (including phenoxy) is 1. The molecule has 0 amide bonds. The van der Waals surface area contributed by atoms with Gasteiger partial charge in [-0.1, -0.05) is 11.6 Å². The van der Waals surface area contributed by atoms with Gasteiger partial charge < -0.3 is 14.6 Å². The summed E-state index contributed by atoms with van der Waals surface area (Å²) >= 11 is 0. The highest BCUT2D eigenvalue weighted by Crippen LogP contribution is 2.33. The molecular weight excluding hydrogens is 290 g/mol. The zero-order chi connectivity index (χ0) is 16.6. The maximum atomic E-state index is 12.3. The van der Waals surface area contributed by atoms with Crippen molar-refractivity contribution in [2.75, 3.05) is 25.1 Å². The predicted molar refractivity (Wildman–Crippen MR) is 90.9 cm³/mol. The van der Waals surface area contributed by atoms with Crippen LogP contribution < -0.4 is 10.5 Å². The first-order valence-corrected chi connectivity index (χ1v) is 7.84. The first-order chi connectivity index (χ1) is 11.0. The molecule has 2 heterocycles. The van der Waals surface area contributed by atoms with Crippen molar-refractivity contribution in [3.05, 3.63) is 39.7 Å². The van der Waals surface area contributed by atoms with Crippen molar-refractivity contribution in [3.8, 4) is 6.07 Å². The van der Waals surface area contributed by atoms with Crippen molar-refractivity contribution in [2.45, 2.75) is 32.3 Å². The monoisotopic (exact) mass is 311 g/mol. The molecule has 1 aliphatic rings. The van der Waals surface area contributed by atoms with Crippen molar-refractivity contribution < 1.29 is 4.74 Å². The van der Waals surface area contributed by atoms with Crippen LogP contribution in [0.15, 0.2) is 23.0 Å². The smallest absolute Gasteiger partial charge is 0.268 e. The van der Waals surface area contributed by atoms with Gasteiger partial charge in [0.25, 0.3) is 5.56 Å². The summed E-state index contributed by atoms with van der Waals surface area (Å²) < 4.78 is 5.59. The van der Waals surface area contributed by atoms with Gasteiger partial charge in [-0.05, 0) is 38.8 Å². The summed E-state index contributed by atoms with van der Waals surface area (Å²) in [7, 11) is 1.74. The Balaban J connectivity index is 2.14. The summed E-state index contributed by atoms with van der Waals surface area (Å²) in [4.78, 5) is 17.2. The van der Waals surface area contributed by atoms with Crippen LogP contribution >= 0.6 is 0 Å². The number of rotatable bonds is 2. The highest BCUT2D eigenvalue weighted by molar-refractivity contribution is 5.94. The molecule has 0 aliphatic carbocycles. The van der Waals surface area contributed by atoms with Gasteiger partial charge in [-0.2, -0.15) is 5.26 Å². The fraction of sp³-hybridized carbons (Fsp3) is 0.444. The number of aromatic amines is 1. The topological polar surface area (TPSA) is 69.1 Å². The minimum absolute atomic E-state index is 0.129. The van der Waals surface area contributed by atoms with E-state index in [0.717, 1.165) is 48.1 Å². The Morgan fingerprint density at radius 2 is 2.04 bits per heavy atom. The number of anilines is 1. The molecule has 1 aromatic carbocycles. The number of fused-ring (bicyclic) bond motifs is 1. The van der Waals surface area contributed by atoms with Crippen LogP contribution in [0.5, 0.6) is 0 Å². The lowest BCUT2D eigenvalue weighted by Gasteiger charge is -2.40. The third-order valence-electron chi connectivity index (χ3n) is 4.88. The maximum absolute atomic E-state index is 12.3. The lowest BCUT2D eigenvalue weighted by molar-refractivity contribution is -0.0132. The van der Waals surface area contributed by atoms with E-state index in [4.69, 9.17) is 4.74 Å². The summed E-state index contributed by atoms with van der Waals surface area (Å²) in [6.45, 7) is 5.66. The van der Waals surface area contributed by atoms with Crippen molar-refractivity contribution in [2.24, 2.45) is 0 Å². The number of hydrogen-bond donors (Lipinski definition) is 1. The number of hydrogen-bond acceptors (Lipinski definition) is 4. The number of H-pyrrole nitrogens is 1. The predicted octanol–water partition coefficient (Wildman–Crippen LogP) is 2.71. The number of pyridine rings is 1. The number of benzene rings is 1. The number of methoxy groups -OCH3 is 1. The van der Waals surface area contributed by atoms with Crippen molar-refractivity contribution in [1.82, 2.24) is 4.98 Å². The van der Waals surface area contributed by atoms with Gasteiger partial charge in [-0.25, -0.2) is 0 Å². The summed E-state index contributed by atoms with van der Waals surface area (Å²) in [6.07, 6.45) is 1.74. The van der Waals surface area contributed by atoms with Gasteiger partial charge in [-0.15, -0.1) is 0 Å². The molecule has 5 nitrogen and oxygen atoms in total. The highest BCUT2D eigenvalue weighted by Gasteiger charge is 2.31. The molecule has 3 rings (SSSR count). The number of nitrogens with zero attached hydrogens (tertiary/aromatic N) is 2. The van der Waals surface area contributed by atoms with Crippen LogP contribution in [0.4, 0.5) is 5.69 Å². The van der Waals surface area contributed by atoms with E-state index in [0.29, 0.717) is 0 Å². The van der Waals surface area contributed by atoms with Crippen LogP contribution in [-0.4, -0.2) is 30.8 Å². The van der Waals surface area contributed by atoms with E-state index in [1.54, 1.807) is 7.11 Å². The first kappa shape index (κ1) is 15.6. The first-order valence-electron chi connectivity index (χ1n) is 7.84. The van der Waals surface area contributed by atoms with E-state index >= 15 is 0 Å². The van der Waals surface area contributed by atoms with Crippen molar-refractivity contribution in [1.29, 1.82) is 5.26 Å². The third kappa shape index (κ3) is 2.71. The normalized spacial score (nSPS) is 17.2. The van der Waals surface area contributed by atoms with Crippen LogP contribution in [0.1, 0.15) is 30.9 Å². The van der Waals surface area contributed by atoms with Gasteiger partial charge in [0.15, 0.2) is 0 Å². The maximum Gasteiger partial charge on any atom is 0.268 e. The lowest BCUT2D eigenvalue weighted by atomic mass is 9.92. The number of aromatic nitrogens is 1. The third-order valence-corrected chi connectivity index (χ3v) is 4.88. The van der Waals surface area contributed by atoms with Gasteiger partial charge in [0.05, 0.1) is 16.8 Å². The van der Waals surface area contributed by atoms with E-state index in [2.05, 4.69) is 22.9 Å². The highest BCUT2D eigenvalue weighted by atomic mass is 16.5. The second-order valence-corrected chi connectivity index (χ2v) is 6.48. The Kier molecular flexibility index (Phi) is 3.87. The Bertz CT molecular complexity index is 840. The van der Waals surface area contributed by atoms with Crippen LogP contribution in [0, 0.1) is 18.3 Å². The molecule has 120 valence electrons. The van der Waals surface area contributed by atoms with Gasteiger partial charge in [-0.3, -0.25) is 4.79 Å². The molecule has 0 unspecified atom stereocenters. The Labute approximate surface area is 135 Å². The van der Waals surface area contributed by atoms with Crippen molar-refractivity contribution in [3.63, 3.8) is 0 Å². The molecule has 0 bridgehead atoms. The molecule has 0 atom stereocenters. The second-order valence-electron chi connectivity index (χ2n) is 6.48. The Morgan fingerprint density at radius 1 is 1.35 bits per heavy atom. The summed E-state index contributed by atoms with van der Waals surface area (Å²) in [6, 6.07) is 7.99. The molecule has 1 aliphatic heterocycles. The molecule has 1 aromatic heterocycles. The number of nitrogens with one attached hydrogen (secondary N) is 1. The minimum Gasteiger partial charge on any atom is -0.378 e. The SMILES string of the molecule is COC1(C)CCN(c2c(C#N)c(=O)[nH]c3ccc(C)cc23)CC1. The largest absolute Gasteiger partial charge is 0.378 e. The average Bonchev–Trinajstić information content (AvgIpc) is 2.55. The zero-order valence-corrected chi connectivity index (χ0v) is 13.8. The minimum atomic E-state index is -0.320. The number of aryl methyl sites for hydroxylation is 1. The van der Waals surface area contributed by atoms with Crippen LogP contribution in [0.3, 0.4) is 0 Å². The molecule has 2 aromatic rings. The molecule has 0 radical (unpaired) electrons. The van der Waals surface area contributed by atoms with Crippen LogP contribution in [0.25, 0.3) is 10.9 Å². The van der Waals surface area contributed by atoms with Gasteiger partial charge >= 0.3 is 0 Å². The summed E-state index contributed by atoms with van der Waals surface area (Å²) in [5, 5.41) is 10.4. The molecule has 23 heavy (non-hydrogen) atoms. The Morgan fingerprint density at radius 3 is 2.65 bits per heavy atom. The zero-order valence-electron chi connectivity index (χ0n) is 13.8. The fourth-order valence-corrected chi connectivity index (χ4v) is 3.23. The van der Waals surface area contributed by atoms with E-state index in [9.17, 15) is 10.1 Å². The molecule has 0 saturated carbocycles. The van der Waals surface area contributed by atoms with E-state index in [1.165, 1.54) is 0 Å². The molecular formula is C18H21N3O2. The number of nitriles is 1. The van der Waals surface area contributed by atoms with Gasteiger partial charge in [0, 0.05) is 25.6 Å². The van der Waals surface area contributed by atoms with E-state index < -0.39 is 0 Å². The Hall–Kier alpha value is -2.32. The number of piperidine rings is 1. The average molecular weight is 311 g/mol. The lowest BCUT2D eigenvalue weighted by Crippen LogP contribution is -2.44. The molecule has 1 fully saturated rings. The fourth-order valence-electron chi connectivity index (χ4n) is 3.23. The molecule has 0 spiro atoms. The van der Waals surface area contributed by atoms with Gasteiger partial charge in [0.1, 0.15) is 11.6 Å². The molecule has 1 N–H and O–H groups in total. The quantitative estimate of drug-likeness (QED) is 0.926. The molecule has 1 saturated heterocycles. The van der Waals surface area contributed by atoms with Gasteiger partial charge in [0.2, 0.25) is 0 Å². The summed E-state index contributed by atoms with van der Waals surface area (Å²) in [5.41, 5.74) is 2.38. The van der Waals surface area contributed by atoms with E-state index in [-0.39, 0.29) is 16.7 Å². The molecule has 5 heteroatoms.